The SMILES string of the molecule is COc1cc2c(Oc3ccc(NC(=O)C4(C(=O)Nc5ccc(F)cc5)CC4)cc3)ccnc2cc1N1CCC(CN2C[C@@H]3C[C@H]2CN3CCCc2ccc(C3CCC(=O)NC3=O)cc2F)CC1. The lowest BCUT2D eigenvalue weighted by molar-refractivity contribution is -0.134. The molecule has 4 aromatic carbocycles. The van der Waals surface area contributed by atoms with Crippen LogP contribution in [0.2, 0.25) is 0 Å². The number of methoxy groups -OCH3 is 1. The van der Waals surface area contributed by atoms with E-state index in [0.717, 1.165) is 80.9 Å². The van der Waals surface area contributed by atoms with Gasteiger partial charge in [-0.15, -0.1) is 0 Å². The summed E-state index contributed by atoms with van der Waals surface area (Å²) in [6.45, 7) is 6.03. The van der Waals surface area contributed by atoms with E-state index in [1.54, 1.807) is 43.6 Å². The molecule has 4 aliphatic heterocycles. The maximum absolute atomic E-state index is 15.1. The van der Waals surface area contributed by atoms with Gasteiger partial charge < -0.3 is 25.0 Å². The molecule has 10 rings (SSSR count). The Hall–Kier alpha value is -6.45. The van der Waals surface area contributed by atoms with Crippen molar-refractivity contribution < 1.29 is 37.4 Å². The topological polar surface area (TPSA) is 145 Å². The fraction of sp³-hybridized carbons (Fsp3) is 0.404. The third-order valence-corrected chi connectivity index (χ3v) is 14.6. The fourth-order valence-corrected chi connectivity index (χ4v) is 10.6. The van der Waals surface area contributed by atoms with Crippen molar-refractivity contribution in [2.45, 2.75) is 75.8 Å². The quantitative estimate of drug-likeness (QED) is 0.0703. The zero-order chi connectivity index (χ0) is 46.2. The Kier molecular flexibility index (Phi) is 12.4. The van der Waals surface area contributed by atoms with E-state index < -0.39 is 23.1 Å². The summed E-state index contributed by atoms with van der Waals surface area (Å²) in [5.74, 6) is -0.0312. The van der Waals surface area contributed by atoms with Gasteiger partial charge >= 0.3 is 0 Å². The molecule has 5 aromatic rings. The first-order valence-corrected chi connectivity index (χ1v) is 23.5. The molecule has 5 fully saturated rings. The Balaban J connectivity index is 0.689. The molecule has 4 saturated heterocycles. The number of hydrogen-bond acceptors (Lipinski definition) is 10. The third-order valence-electron chi connectivity index (χ3n) is 14.6. The minimum Gasteiger partial charge on any atom is -0.495 e. The van der Waals surface area contributed by atoms with E-state index in [4.69, 9.17) is 14.5 Å². The normalized spacial score (nSPS) is 21.6. The summed E-state index contributed by atoms with van der Waals surface area (Å²) >= 11 is 0. The van der Waals surface area contributed by atoms with Crippen LogP contribution in [0.15, 0.2) is 91.1 Å². The van der Waals surface area contributed by atoms with Crippen molar-refractivity contribution in [1.29, 1.82) is 0 Å². The zero-order valence-electron chi connectivity index (χ0n) is 37.6. The monoisotopic (exact) mass is 911 g/mol. The highest BCUT2D eigenvalue weighted by Crippen LogP contribution is 2.48. The standard InChI is InChI=1S/C52H55F2N7O6/c1-66-47-27-42-44(55-21-16-46(42)67-40-12-10-37(11-13-40)57-51(65)52(19-20-52)50(64)56-36-8-6-35(53)7-9-36)28-45(47)59-23-17-32(18-24-59)29-61-31-38-26-39(61)30-60(38)22-2-3-33-4-5-34(25-43(33)54)41-14-15-48(62)58-49(41)63/h4-13,16,21,25,27-28,32,38-39,41H,2-3,14-15,17-20,22-24,26,29-31H2,1H3,(H,56,64)(H,57,65)(H,58,62,63)/t38-,39-,41?/m0/s1. The van der Waals surface area contributed by atoms with E-state index >= 15 is 4.39 Å². The number of piperazine rings is 1. The van der Waals surface area contributed by atoms with Crippen LogP contribution in [0, 0.1) is 23.0 Å². The number of pyridine rings is 1. The van der Waals surface area contributed by atoms with Gasteiger partial charge in [0.15, 0.2) is 0 Å². The van der Waals surface area contributed by atoms with Gasteiger partial charge in [-0.05, 0) is 148 Å². The fourth-order valence-electron chi connectivity index (χ4n) is 10.6. The molecule has 1 unspecified atom stereocenters. The molecule has 1 aromatic heterocycles. The summed E-state index contributed by atoms with van der Waals surface area (Å²) in [4.78, 5) is 62.4. The molecule has 13 nitrogen and oxygen atoms in total. The molecule has 3 atom stereocenters. The second kappa shape index (κ2) is 18.7. The average Bonchev–Trinajstić information content (AvgIpc) is 3.94. The molecular formula is C52H55F2N7O6. The van der Waals surface area contributed by atoms with Gasteiger partial charge in [0.25, 0.3) is 0 Å². The number of hydrogen-bond donors (Lipinski definition) is 3. The highest BCUT2D eigenvalue weighted by molar-refractivity contribution is 6.17. The van der Waals surface area contributed by atoms with Gasteiger partial charge in [0.2, 0.25) is 23.6 Å². The summed E-state index contributed by atoms with van der Waals surface area (Å²) in [5.41, 5.74) is 2.91. The lowest BCUT2D eigenvalue weighted by Crippen LogP contribution is -2.49. The number of rotatable bonds is 15. The van der Waals surface area contributed by atoms with E-state index in [1.165, 1.54) is 36.8 Å². The molecule has 1 saturated carbocycles. The van der Waals surface area contributed by atoms with E-state index in [-0.39, 0.29) is 30.0 Å². The molecule has 15 heteroatoms. The Morgan fingerprint density at radius 2 is 1.54 bits per heavy atom. The van der Waals surface area contributed by atoms with Crippen molar-refractivity contribution in [2.75, 3.05) is 61.9 Å². The summed E-state index contributed by atoms with van der Waals surface area (Å²) in [6, 6.07) is 24.6. The molecule has 3 N–H and O–H groups in total. The number of carbonyl (C=O) groups excluding carboxylic acids is 4. The predicted molar refractivity (Wildman–Crippen MR) is 250 cm³/mol. The molecular weight excluding hydrogens is 857 g/mol. The number of imide groups is 1. The Morgan fingerprint density at radius 3 is 2.19 bits per heavy atom. The number of likely N-dealkylation sites (tertiary alicyclic amines) is 2. The smallest absolute Gasteiger partial charge is 0.240 e. The molecule has 348 valence electrons. The van der Waals surface area contributed by atoms with E-state index in [1.807, 2.05) is 18.2 Å². The van der Waals surface area contributed by atoms with Crippen molar-refractivity contribution in [1.82, 2.24) is 20.1 Å². The summed E-state index contributed by atoms with van der Waals surface area (Å²) in [5, 5.41) is 8.78. The number of piperidine rings is 2. The number of benzene rings is 4. The maximum atomic E-state index is 15.1. The van der Waals surface area contributed by atoms with Crippen molar-refractivity contribution in [3.05, 3.63) is 114 Å². The van der Waals surface area contributed by atoms with Crippen LogP contribution in [-0.4, -0.2) is 96.9 Å². The average molecular weight is 912 g/mol. The molecule has 0 radical (unpaired) electrons. The van der Waals surface area contributed by atoms with Crippen molar-refractivity contribution in [3.8, 4) is 17.2 Å². The van der Waals surface area contributed by atoms with Crippen LogP contribution >= 0.6 is 0 Å². The van der Waals surface area contributed by atoms with Gasteiger partial charge in [-0.3, -0.25) is 39.3 Å². The van der Waals surface area contributed by atoms with E-state index in [9.17, 15) is 23.6 Å². The predicted octanol–water partition coefficient (Wildman–Crippen LogP) is 7.80. The van der Waals surface area contributed by atoms with Gasteiger partial charge in [-0.1, -0.05) is 12.1 Å². The molecule has 5 heterocycles. The van der Waals surface area contributed by atoms with E-state index in [0.29, 0.717) is 77.7 Å². The van der Waals surface area contributed by atoms with Gasteiger partial charge in [-0.25, -0.2) is 8.78 Å². The number of carbonyl (C=O) groups is 4. The Bertz CT molecular complexity index is 2690. The number of amides is 4. The van der Waals surface area contributed by atoms with Crippen LogP contribution in [0.4, 0.5) is 25.8 Å². The number of nitrogens with one attached hydrogen (secondary N) is 3. The largest absolute Gasteiger partial charge is 0.495 e. The minimum absolute atomic E-state index is 0.269. The van der Waals surface area contributed by atoms with Crippen molar-refractivity contribution in [3.63, 3.8) is 0 Å². The number of aromatic nitrogens is 1. The lowest BCUT2D eigenvalue weighted by Gasteiger charge is -2.39. The molecule has 0 spiro atoms. The van der Waals surface area contributed by atoms with Crippen molar-refractivity contribution in [2.24, 2.45) is 11.3 Å². The Labute approximate surface area is 388 Å². The molecule has 67 heavy (non-hydrogen) atoms. The van der Waals surface area contributed by atoms with Crippen molar-refractivity contribution >= 4 is 51.6 Å². The number of fused-ring (bicyclic) bond motifs is 3. The molecule has 4 amide bonds. The number of halogens is 2. The van der Waals surface area contributed by atoms with E-state index in [2.05, 4.69) is 36.7 Å². The molecule has 1 aliphatic carbocycles. The second-order valence-electron chi connectivity index (χ2n) is 18.9. The van der Waals surface area contributed by atoms with Gasteiger partial charge in [0.1, 0.15) is 34.3 Å². The highest BCUT2D eigenvalue weighted by Gasteiger charge is 2.56. The van der Waals surface area contributed by atoms with Crippen LogP contribution in [0.1, 0.15) is 68.4 Å². The third kappa shape index (κ3) is 9.44. The first kappa shape index (κ1) is 44.4. The summed E-state index contributed by atoms with van der Waals surface area (Å²) in [6.07, 6.45) is 8.17. The van der Waals surface area contributed by atoms with Crippen LogP contribution in [0.5, 0.6) is 17.2 Å². The van der Waals surface area contributed by atoms with Crippen LogP contribution in [0.25, 0.3) is 10.9 Å². The number of nitrogens with zero attached hydrogens (tertiary/aromatic N) is 4. The summed E-state index contributed by atoms with van der Waals surface area (Å²) < 4.78 is 40.7. The highest BCUT2D eigenvalue weighted by atomic mass is 19.1. The van der Waals surface area contributed by atoms with Crippen LogP contribution in [0.3, 0.4) is 0 Å². The zero-order valence-corrected chi connectivity index (χ0v) is 37.6. The Morgan fingerprint density at radius 1 is 0.836 bits per heavy atom. The van der Waals surface area contributed by atoms with Gasteiger partial charge in [-0.2, -0.15) is 0 Å². The van der Waals surface area contributed by atoms with Gasteiger partial charge in [0, 0.05) is 74.2 Å². The maximum Gasteiger partial charge on any atom is 0.240 e. The minimum atomic E-state index is -1.17. The number of aryl methyl sites for hydroxylation is 1. The number of anilines is 3. The van der Waals surface area contributed by atoms with Crippen LogP contribution in [-0.2, 0) is 25.6 Å². The molecule has 2 bridgehead atoms. The second-order valence-corrected chi connectivity index (χ2v) is 18.9. The van der Waals surface area contributed by atoms with Gasteiger partial charge in [0.05, 0.1) is 24.2 Å². The number of ether oxygens (including phenoxy) is 2. The van der Waals surface area contributed by atoms with Crippen LogP contribution < -0.4 is 30.3 Å². The summed E-state index contributed by atoms with van der Waals surface area (Å²) in [7, 11) is 1.69. The first-order chi connectivity index (χ1) is 32.5. The lowest BCUT2D eigenvalue weighted by atomic mass is 9.89. The molecule has 5 aliphatic rings. The first-order valence-electron chi connectivity index (χ1n) is 23.5.